The molecule has 0 aliphatic carbocycles. The molecule has 1 aromatic carbocycles. The predicted molar refractivity (Wildman–Crippen MR) is 91.5 cm³/mol. The minimum absolute atomic E-state index is 0.0358. The van der Waals surface area contributed by atoms with Gasteiger partial charge in [0.15, 0.2) is 0 Å². The summed E-state index contributed by atoms with van der Waals surface area (Å²) in [5, 5.41) is 0.827. The van der Waals surface area contributed by atoms with Crippen LogP contribution < -0.4 is 0 Å². The van der Waals surface area contributed by atoms with E-state index in [1.54, 1.807) is 13.1 Å². The Bertz CT molecular complexity index is 836. The van der Waals surface area contributed by atoms with E-state index in [0.717, 1.165) is 15.2 Å². The molecular weight excluding hydrogens is 352 g/mol. The van der Waals surface area contributed by atoms with Crippen LogP contribution in [0, 0.1) is 0 Å². The number of pyridine rings is 1. The van der Waals surface area contributed by atoms with E-state index in [1.807, 2.05) is 24.3 Å². The lowest BCUT2D eigenvalue weighted by atomic mass is 10.2. The molecule has 1 amide bonds. The second-order valence-electron chi connectivity index (χ2n) is 4.97. The molecule has 3 rings (SSSR count). The van der Waals surface area contributed by atoms with Crippen LogP contribution in [0.5, 0.6) is 0 Å². The van der Waals surface area contributed by atoms with Gasteiger partial charge in [-0.15, -0.1) is 11.3 Å². The fourth-order valence-corrected chi connectivity index (χ4v) is 3.79. The molecule has 0 aliphatic rings. The van der Waals surface area contributed by atoms with Gasteiger partial charge in [-0.1, -0.05) is 12.1 Å². The number of benzene rings is 1. The Morgan fingerprint density at radius 2 is 2.08 bits per heavy atom. The van der Waals surface area contributed by atoms with Gasteiger partial charge in [0.2, 0.25) is 0 Å². The van der Waals surface area contributed by atoms with Crippen molar-refractivity contribution in [2.75, 3.05) is 7.05 Å². The summed E-state index contributed by atoms with van der Waals surface area (Å²) < 4.78 is 26.3. The molecule has 0 unspecified atom stereocenters. The number of hydrogen-bond acceptors (Lipinski definition) is 5. The summed E-state index contributed by atoms with van der Waals surface area (Å²) in [6.07, 6.45) is 1.40. The fourth-order valence-electron chi connectivity index (χ4n) is 2.20. The maximum absolute atomic E-state index is 12.6. The second kappa shape index (κ2) is 7.23. The average Bonchev–Trinajstić information content (AvgIpc) is 2.96. The molecular formula is C16H13F2N3OS2. The first-order chi connectivity index (χ1) is 11.5. The second-order valence-corrected chi connectivity index (χ2v) is 7.07. The van der Waals surface area contributed by atoms with Crippen molar-refractivity contribution in [3.8, 4) is 0 Å². The summed E-state index contributed by atoms with van der Waals surface area (Å²) in [6.45, 7) is 0.311. The van der Waals surface area contributed by atoms with E-state index in [2.05, 4.69) is 9.97 Å². The number of aromatic nitrogens is 2. The first-order valence-corrected chi connectivity index (χ1v) is 8.74. The zero-order valence-corrected chi connectivity index (χ0v) is 14.3. The molecule has 3 aromatic rings. The number of carbonyl (C=O) groups excluding carboxylic acids is 1. The summed E-state index contributed by atoms with van der Waals surface area (Å²) in [5.74, 6) is -2.98. The molecule has 24 heavy (non-hydrogen) atoms. The van der Waals surface area contributed by atoms with Gasteiger partial charge in [-0.05, 0) is 36.0 Å². The van der Waals surface area contributed by atoms with Gasteiger partial charge in [0.1, 0.15) is 10.0 Å². The number of carbonyl (C=O) groups is 1. The normalized spacial score (nSPS) is 11.2. The maximum atomic E-state index is 12.6. The molecule has 0 aliphatic heterocycles. The number of fused-ring (bicyclic) bond motifs is 1. The van der Waals surface area contributed by atoms with Crippen LogP contribution in [0.2, 0.25) is 0 Å². The molecule has 0 fully saturated rings. The van der Waals surface area contributed by atoms with Gasteiger partial charge in [0, 0.05) is 13.2 Å². The molecule has 8 heteroatoms. The van der Waals surface area contributed by atoms with Crippen molar-refractivity contribution < 1.29 is 13.6 Å². The van der Waals surface area contributed by atoms with E-state index in [-0.39, 0.29) is 28.3 Å². The SMILES string of the molecule is CN(Cc1nc2ccccc2s1)C(=O)c1cccnc1SC(F)F. The third-order valence-corrected chi connectivity index (χ3v) is 5.01. The number of para-hydroxylation sites is 1. The Morgan fingerprint density at radius 1 is 1.29 bits per heavy atom. The van der Waals surface area contributed by atoms with Crippen LogP contribution in [0.15, 0.2) is 47.6 Å². The highest BCUT2D eigenvalue weighted by Crippen LogP contribution is 2.28. The number of thioether (sulfide) groups is 1. The van der Waals surface area contributed by atoms with Crippen LogP contribution in [0.3, 0.4) is 0 Å². The van der Waals surface area contributed by atoms with Crippen LogP contribution >= 0.6 is 23.1 Å². The van der Waals surface area contributed by atoms with Gasteiger partial charge in [-0.3, -0.25) is 4.79 Å². The number of alkyl halides is 2. The monoisotopic (exact) mass is 365 g/mol. The van der Waals surface area contributed by atoms with Gasteiger partial charge in [0.25, 0.3) is 11.7 Å². The molecule has 0 radical (unpaired) electrons. The Labute approximate surface area is 145 Å². The van der Waals surface area contributed by atoms with Crippen molar-refractivity contribution >= 4 is 39.2 Å². The Morgan fingerprint density at radius 3 is 2.83 bits per heavy atom. The number of thiazole rings is 1. The van der Waals surface area contributed by atoms with Crippen molar-refractivity contribution in [2.45, 2.75) is 17.3 Å². The minimum Gasteiger partial charge on any atom is -0.335 e. The number of halogens is 2. The van der Waals surface area contributed by atoms with Gasteiger partial charge in [0.05, 0.1) is 22.3 Å². The smallest absolute Gasteiger partial charge is 0.290 e. The molecule has 4 nitrogen and oxygen atoms in total. The first kappa shape index (κ1) is 16.8. The topological polar surface area (TPSA) is 46.1 Å². The molecule has 124 valence electrons. The van der Waals surface area contributed by atoms with Gasteiger partial charge < -0.3 is 4.90 Å². The predicted octanol–water partition coefficient (Wildman–Crippen LogP) is 4.28. The highest BCUT2D eigenvalue weighted by molar-refractivity contribution is 7.99. The summed E-state index contributed by atoms with van der Waals surface area (Å²) in [7, 11) is 1.62. The Balaban J connectivity index is 1.79. The van der Waals surface area contributed by atoms with Crippen molar-refractivity contribution in [1.29, 1.82) is 0 Å². The van der Waals surface area contributed by atoms with Crippen LogP contribution in [-0.2, 0) is 6.54 Å². The van der Waals surface area contributed by atoms with Crippen LogP contribution in [0.25, 0.3) is 10.2 Å². The van der Waals surface area contributed by atoms with Gasteiger partial charge in [-0.2, -0.15) is 8.78 Å². The van der Waals surface area contributed by atoms with Crippen LogP contribution in [-0.4, -0.2) is 33.6 Å². The largest absolute Gasteiger partial charge is 0.335 e. The molecule has 0 atom stereocenters. The highest BCUT2D eigenvalue weighted by atomic mass is 32.2. The summed E-state index contributed by atoms with van der Waals surface area (Å²) in [4.78, 5) is 22.4. The molecule has 2 heterocycles. The average molecular weight is 365 g/mol. The summed E-state index contributed by atoms with van der Waals surface area (Å²) in [6, 6.07) is 10.8. The minimum atomic E-state index is -2.62. The van der Waals surface area contributed by atoms with E-state index < -0.39 is 5.76 Å². The zero-order chi connectivity index (χ0) is 17.1. The number of hydrogen-bond donors (Lipinski definition) is 0. The lowest BCUT2D eigenvalue weighted by Crippen LogP contribution is -2.26. The lowest BCUT2D eigenvalue weighted by molar-refractivity contribution is 0.0780. The van der Waals surface area contributed by atoms with Gasteiger partial charge >= 0.3 is 0 Å². The summed E-state index contributed by atoms with van der Waals surface area (Å²) >= 11 is 1.78. The quantitative estimate of drug-likeness (QED) is 0.633. The number of nitrogens with zero attached hydrogens (tertiary/aromatic N) is 3. The lowest BCUT2D eigenvalue weighted by Gasteiger charge is -2.17. The molecule has 0 spiro atoms. The third kappa shape index (κ3) is 3.70. The molecule has 0 N–H and O–H groups in total. The zero-order valence-electron chi connectivity index (χ0n) is 12.6. The third-order valence-electron chi connectivity index (χ3n) is 3.26. The molecule has 0 saturated carbocycles. The molecule has 0 bridgehead atoms. The maximum Gasteiger partial charge on any atom is 0.290 e. The van der Waals surface area contributed by atoms with E-state index in [1.165, 1.54) is 28.5 Å². The number of rotatable bonds is 5. The van der Waals surface area contributed by atoms with Crippen molar-refractivity contribution in [2.24, 2.45) is 0 Å². The van der Waals surface area contributed by atoms with Crippen molar-refractivity contribution in [3.05, 3.63) is 53.2 Å². The van der Waals surface area contributed by atoms with E-state index in [0.29, 0.717) is 6.54 Å². The van der Waals surface area contributed by atoms with Crippen LogP contribution in [0.1, 0.15) is 15.4 Å². The first-order valence-electron chi connectivity index (χ1n) is 7.04. The molecule has 0 saturated heterocycles. The van der Waals surface area contributed by atoms with Crippen LogP contribution in [0.4, 0.5) is 8.78 Å². The Hall–Kier alpha value is -2.06. The van der Waals surface area contributed by atoms with Gasteiger partial charge in [-0.25, -0.2) is 9.97 Å². The standard InChI is InChI=1S/C16H13F2N3OS2/c1-21(9-13-20-11-6-2-3-7-12(11)23-13)15(22)10-5-4-8-19-14(10)24-16(17)18/h2-8,16H,9H2,1H3. The van der Waals surface area contributed by atoms with Crippen molar-refractivity contribution in [3.63, 3.8) is 0 Å². The van der Waals surface area contributed by atoms with E-state index in [4.69, 9.17) is 0 Å². The number of amides is 1. The Kier molecular flexibility index (Phi) is 5.06. The molecule has 2 aromatic heterocycles. The summed E-state index contributed by atoms with van der Waals surface area (Å²) in [5.41, 5.74) is 1.06. The fraction of sp³-hybridized carbons (Fsp3) is 0.188. The van der Waals surface area contributed by atoms with Crippen molar-refractivity contribution in [1.82, 2.24) is 14.9 Å². The van der Waals surface area contributed by atoms with E-state index >= 15 is 0 Å². The highest BCUT2D eigenvalue weighted by Gasteiger charge is 2.20. The van der Waals surface area contributed by atoms with E-state index in [9.17, 15) is 13.6 Å².